The van der Waals surface area contributed by atoms with Gasteiger partial charge < -0.3 is 19.7 Å². The molecule has 2 aromatic heterocycles. The van der Waals surface area contributed by atoms with Crippen molar-refractivity contribution in [3.63, 3.8) is 0 Å². The Bertz CT molecular complexity index is 1590. The fourth-order valence-corrected chi connectivity index (χ4v) is 4.13. The van der Waals surface area contributed by atoms with E-state index in [0.29, 0.717) is 40.9 Å². The van der Waals surface area contributed by atoms with Crippen LogP contribution in [0.25, 0.3) is 27.6 Å². The van der Waals surface area contributed by atoms with Crippen LogP contribution in [0.4, 0.5) is 10.1 Å². The molecule has 0 bridgehead atoms. The molecule has 0 unspecified atom stereocenters. The lowest BCUT2D eigenvalue weighted by molar-refractivity contribution is 0.281. The molecule has 0 saturated carbocycles. The molecule has 0 fully saturated rings. The summed E-state index contributed by atoms with van der Waals surface area (Å²) in [5.41, 5.74) is 1.23. The lowest BCUT2D eigenvalue weighted by Crippen LogP contribution is -2.28. The van der Waals surface area contributed by atoms with E-state index < -0.39 is 18.0 Å². The first kappa shape index (κ1) is 22.5. The fourth-order valence-electron chi connectivity index (χ4n) is 4.13. The van der Waals surface area contributed by atoms with Crippen molar-refractivity contribution in [2.24, 2.45) is 12.0 Å². The van der Waals surface area contributed by atoms with Crippen molar-refractivity contribution in [3.8, 4) is 16.8 Å². The molecule has 0 amide bonds. The van der Waals surface area contributed by atoms with E-state index in [0.717, 1.165) is 11.1 Å². The van der Waals surface area contributed by atoms with Crippen molar-refractivity contribution >= 4 is 22.5 Å². The number of halogens is 1. The normalized spacial score (nSPS) is 13.4. The van der Waals surface area contributed by atoms with Crippen LogP contribution in [-0.4, -0.2) is 38.6 Å². The highest BCUT2D eigenvalue weighted by Crippen LogP contribution is 2.29. The molecule has 4 aromatic rings. The lowest BCUT2D eigenvalue weighted by Gasteiger charge is -2.18. The highest BCUT2D eigenvalue weighted by molar-refractivity contribution is 5.90. The first-order valence-corrected chi connectivity index (χ1v) is 11.0. The van der Waals surface area contributed by atoms with E-state index in [1.54, 1.807) is 43.6 Å². The molecule has 2 N–H and O–H groups in total. The van der Waals surface area contributed by atoms with Crippen LogP contribution in [0.5, 0.6) is 0 Å². The molecule has 2 aromatic carbocycles. The molecule has 10 heteroatoms. The van der Waals surface area contributed by atoms with E-state index >= 15 is 0 Å². The van der Waals surface area contributed by atoms with Gasteiger partial charge in [-0.2, -0.15) is 9.78 Å². The van der Waals surface area contributed by atoms with E-state index in [9.17, 15) is 19.1 Å². The molecule has 0 atom stereocenters. The third-order valence-electron chi connectivity index (χ3n) is 5.83. The van der Waals surface area contributed by atoms with Gasteiger partial charge in [0.1, 0.15) is 11.5 Å². The number of hydrogen-bond donors (Lipinski definition) is 2. The molecule has 178 valence electrons. The number of hydrogen-bond acceptors (Lipinski definition) is 7. The third-order valence-corrected chi connectivity index (χ3v) is 5.83. The maximum Gasteiger partial charge on any atom is 0.289 e. The number of amidine groups is 1. The molecular weight excluding hydrogens is 453 g/mol. The van der Waals surface area contributed by atoms with Gasteiger partial charge in [0.2, 0.25) is 0 Å². The van der Waals surface area contributed by atoms with Crippen molar-refractivity contribution in [2.45, 2.75) is 13.0 Å². The molecule has 1 aliphatic heterocycles. The van der Waals surface area contributed by atoms with Gasteiger partial charge in [-0.3, -0.25) is 9.59 Å². The summed E-state index contributed by atoms with van der Waals surface area (Å²) in [5, 5.41) is 17.8. The number of aliphatic hydroxyl groups is 1. The number of pyridine rings is 1. The quantitative estimate of drug-likeness (QED) is 0.470. The Labute approximate surface area is 198 Å². The standard InChI is InChI=1S/C25H22FN5O4/c1-30-13-16(11-20(23(30)33)29-25-27-9-4-10-35-25)17-6-3-8-21(18(17)14-32)31-24(34)22-15(12-28-31)5-2-7-19(22)26/h2-3,5-8,11-13,32H,4,9-10,14H2,1H3,(H,27,29). The van der Waals surface area contributed by atoms with Crippen LogP contribution in [0.15, 0.2) is 69.4 Å². The Morgan fingerprint density at radius 3 is 2.77 bits per heavy atom. The molecule has 0 radical (unpaired) electrons. The molecule has 35 heavy (non-hydrogen) atoms. The van der Waals surface area contributed by atoms with Crippen molar-refractivity contribution in [2.75, 3.05) is 18.5 Å². The minimum Gasteiger partial charge on any atom is -0.465 e. The van der Waals surface area contributed by atoms with Gasteiger partial charge in [-0.1, -0.05) is 24.3 Å². The summed E-state index contributed by atoms with van der Waals surface area (Å²) in [6, 6.07) is 11.3. The molecular formula is C25H22FN5O4. The van der Waals surface area contributed by atoms with Gasteiger partial charge in [0.25, 0.3) is 17.1 Å². The average Bonchev–Trinajstić information content (AvgIpc) is 2.87. The minimum atomic E-state index is -0.646. The van der Waals surface area contributed by atoms with Crippen LogP contribution < -0.4 is 16.4 Å². The number of fused-ring (bicyclic) bond motifs is 1. The van der Waals surface area contributed by atoms with Gasteiger partial charge in [-0.15, -0.1) is 0 Å². The first-order chi connectivity index (χ1) is 17.0. The molecule has 9 nitrogen and oxygen atoms in total. The molecule has 0 saturated heterocycles. The summed E-state index contributed by atoms with van der Waals surface area (Å²) in [5.74, 6) is -0.646. The Hall–Kier alpha value is -4.31. The number of aliphatic imine (C=N–C) groups is 1. The Balaban J connectivity index is 1.66. The van der Waals surface area contributed by atoms with Crippen LogP contribution in [0.1, 0.15) is 12.0 Å². The second kappa shape index (κ2) is 9.15. The molecule has 1 aliphatic rings. The number of benzene rings is 2. The van der Waals surface area contributed by atoms with Crippen molar-refractivity contribution in [1.82, 2.24) is 14.3 Å². The smallest absolute Gasteiger partial charge is 0.289 e. The zero-order valence-corrected chi connectivity index (χ0v) is 18.9. The van der Waals surface area contributed by atoms with Crippen molar-refractivity contribution in [1.29, 1.82) is 0 Å². The lowest BCUT2D eigenvalue weighted by atomic mass is 9.99. The predicted molar refractivity (Wildman–Crippen MR) is 130 cm³/mol. The van der Waals surface area contributed by atoms with Crippen LogP contribution in [0, 0.1) is 5.82 Å². The van der Waals surface area contributed by atoms with Crippen molar-refractivity contribution < 1.29 is 14.2 Å². The zero-order chi connectivity index (χ0) is 24.5. The highest BCUT2D eigenvalue weighted by atomic mass is 19.1. The summed E-state index contributed by atoms with van der Waals surface area (Å²) < 4.78 is 22.4. The number of aliphatic hydroxyl groups excluding tert-OH is 1. The number of aryl methyl sites for hydroxylation is 1. The second-order valence-corrected chi connectivity index (χ2v) is 8.10. The Morgan fingerprint density at radius 2 is 2.00 bits per heavy atom. The van der Waals surface area contributed by atoms with E-state index in [2.05, 4.69) is 15.4 Å². The Kier molecular flexibility index (Phi) is 5.87. The van der Waals surface area contributed by atoms with Crippen LogP contribution in [-0.2, 0) is 18.4 Å². The van der Waals surface area contributed by atoms with Crippen LogP contribution >= 0.6 is 0 Å². The number of rotatable bonds is 4. The van der Waals surface area contributed by atoms with E-state index in [-0.39, 0.29) is 22.7 Å². The zero-order valence-electron chi connectivity index (χ0n) is 18.9. The average molecular weight is 475 g/mol. The Morgan fingerprint density at radius 1 is 1.17 bits per heavy atom. The number of nitrogens with zero attached hydrogens (tertiary/aromatic N) is 4. The first-order valence-electron chi connectivity index (χ1n) is 11.0. The number of aromatic nitrogens is 3. The number of anilines is 1. The summed E-state index contributed by atoms with van der Waals surface area (Å²) in [6.45, 7) is 0.695. The van der Waals surface area contributed by atoms with E-state index in [1.165, 1.54) is 22.9 Å². The highest BCUT2D eigenvalue weighted by Gasteiger charge is 2.18. The van der Waals surface area contributed by atoms with E-state index in [4.69, 9.17) is 4.74 Å². The SMILES string of the molecule is Cn1cc(-c2cccc(-n3ncc4cccc(F)c4c3=O)c2CO)cc(NC2=NCCCO2)c1=O. The van der Waals surface area contributed by atoms with Crippen LogP contribution in [0.2, 0.25) is 0 Å². The van der Waals surface area contributed by atoms with E-state index in [1.807, 2.05) is 0 Å². The fraction of sp³-hybridized carbons (Fsp3) is 0.200. The minimum absolute atomic E-state index is 0.0846. The molecule has 3 heterocycles. The predicted octanol–water partition coefficient (Wildman–Crippen LogP) is 2.57. The summed E-state index contributed by atoms with van der Waals surface area (Å²) in [6.07, 6.45) is 3.85. The summed E-state index contributed by atoms with van der Waals surface area (Å²) in [4.78, 5) is 30.1. The molecule has 0 aliphatic carbocycles. The van der Waals surface area contributed by atoms with Gasteiger partial charge >= 0.3 is 0 Å². The number of ether oxygens (including phenoxy) is 1. The number of nitrogens with one attached hydrogen (secondary N) is 1. The monoisotopic (exact) mass is 475 g/mol. The van der Waals surface area contributed by atoms with Gasteiger partial charge in [0, 0.05) is 42.7 Å². The summed E-state index contributed by atoms with van der Waals surface area (Å²) >= 11 is 0. The second-order valence-electron chi connectivity index (χ2n) is 8.10. The van der Waals surface area contributed by atoms with Gasteiger partial charge in [0.15, 0.2) is 0 Å². The van der Waals surface area contributed by atoms with Gasteiger partial charge in [-0.25, -0.2) is 9.38 Å². The molecule has 5 rings (SSSR count). The van der Waals surface area contributed by atoms with Crippen molar-refractivity contribution in [3.05, 3.63) is 86.9 Å². The van der Waals surface area contributed by atoms with Crippen LogP contribution in [0.3, 0.4) is 0 Å². The summed E-state index contributed by atoms with van der Waals surface area (Å²) in [7, 11) is 1.61. The maximum absolute atomic E-state index is 14.4. The van der Waals surface area contributed by atoms with Gasteiger partial charge in [-0.05, 0) is 23.8 Å². The topological polar surface area (TPSA) is 111 Å². The molecule has 0 spiro atoms. The maximum atomic E-state index is 14.4. The third kappa shape index (κ3) is 4.08. The van der Waals surface area contributed by atoms with Gasteiger partial charge in [0.05, 0.1) is 30.5 Å². The largest absolute Gasteiger partial charge is 0.465 e.